The highest BCUT2D eigenvalue weighted by Crippen LogP contribution is 2.20. The monoisotopic (exact) mass is 390 g/mol. The average Bonchev–Trinajstić information content (AvgIpc) is 3.00. The number of aromatic nitrogens is 2. The minimum atomic E-state index is -0.683. The highest BCUT2D eigenvalue weighted by Gasteiger charge is 2.32. The molecule has 3 rings (SSSR count). The van der Waals surface area contributed by atoms with E-state index in [9.17, 15) is 14.4 Å². The molecule has 154 valence electrons. The fourth-order valence-electron chi connectivity index (χ4n) is 3.77. The fraction of sp³-hybridized carbons (Fsp3) is 0.684. The Kier molecular flexibility index (Phi) is 6.02. The lowest BCUT2D eigenvalue weighted by Crippen LogP contribution is -2.55. The summed E-state index contributed by atoms with van der Waals surface area (Å²) in [7, 11) is 0. The van der Waals surface area contributed by atoms with Crippen LogP contribution in [-0.4, -0.2) is 51.5 Å². The number of anilines is 1. The molecule has 3 amide bonds. The van der Waals surface area contributed by atoms with E-state index in [4.69, 9.17) is 0 Å². The summed E-state index contributed by atoms with van der Waals surface area (Å²) >= 11 is 0. The van der Waals surface area contributed by atoms with Crippen molar-refractivity contribution in [2.75, 3.05) is 18.4 Å². The van der Waals surface area contributed by atoms with Crippen molar-refractivity contribution >= 4 is 23.5 Å². The number of carbonyl (C=O) groups excluding carboxylic acids is 3. The number of likely N-dealkylation sites (tertiary alicyclic amines) is 1. The summed E-state index contributed by atoms with van der Waals surface area (Å²) in [5.74, 6) is -0.247. The fourth-order valence-corrected chi connectivity index (χ4v) is 3.77. The number of rotatable bonds is 3. The molecule has 0 aliphatic carbocycles. The van der Waals surface area contributed by atoms with Crippen LogP contribution in [0, 0.1) is 18.8 Å². The Balaban J connectivity index is 1.74. The van der Waals surface area contributed by atoms with Gasteiger partial charge in [0.25, 0.3) is 0 Å². The van der Waals surface area contributed by atoms with Crippen LogP contribution in [0.2, 0.25) is 0 Å². The van der Waals surface area contributed by atoms with Crippen molar-refractivity contribution in [1.82, 2.24) is 25.3 Å². The van der Waals surface area contributed by atoms with Gasteiger partial charge in [-0.15, -0.1) is 0 Å². The second-order valence-corrected chi connectivity index (χ2v) is 8.26. The molecule has 0 radical (unpaired) electrons. The SMILES string of the molecule is Cc1cc(NC(=O)C(=O)N2CCCC(C)C2)n(C2NC(=O)CC(C(C)C)N2)n1. The van der Waals surface area contributed by atoms with Crippen molar-refractivity contribution in [2.45, 2.75) is 59.3 Å². The van der Waals surface area contributed by atoms with Gasteiger partial charge in [0.1, 0.15) is 5.82 Å². The molecule has 2 fully saturated rings. The van der Waals surface area contributed by atoms with Gasteiger partial charge in [0, 0.05) is 31.6 Å². The molecule has 2 aliphatic heterocycles. The summed E-state index contributed by atoms with van der Waals surface area (Å²) < 4.78 is 1.52. The van der Waals surface area contributed by atoms with Gasteiger partial charge < -0.3 is 15.5 Å². The molecule has 2 saturated heterocycles. The smallest absolute Gasteiger partial charge is 0.315 e. The van der Waals surface area contributed by atoms with Crippen LogP contribution in [-0.2, 0) is 14.4 Å². The predicted molar refractivity (Wildman–Crippen MR) is 104 cm³/mol. The van der Waals surface area contributed by atoms with Gasteiger partial charge in [-0.25, -0.2) is 4.68 Å². The molecule has 9 heteroatoms. The number of carbonyl (C=O) groups is 3. The van der Waals surface area contributed by atoms with Crippen LogP contribution in [0.3, 0.4) is 0 Å². The molecule has 9 nitrogen and oxygen atoms in total. The number of amides is 3. The van der Waals surface area contributed by atoms with Gasteiger partial charge in [-0.3, -0.25) is 19.7 Å². The summed E-state index contributed by atoms with van der Waals surface area (Å²) in [6.45, 7) is 9.17. The molecule has 3 heterocycles. The van der Waals surface area contributed by atoms with Crippen LogP contribution in [0.1, 0.15) is 52.0 Å². The Hall–Kier alpha value is -2.42. The Morgan fingerprint density at radius 1 is 1.36 bits per heavy atom. The largest absolute Gasteiger partial charge is 0.334 e. The molecular formula is C19H30N6O3. The molecule has 0 bridgehead atoms. The molecule has 1 aromatic rings. The van der Waals surface area contributed by atoms with E-state index in [0.717, 1.165) is 12.8 Å². The summed E-state index contributed by atoms with van der Waals surface area (Å²) in [6, 6.07) is 1.69. The number of hydrogen-bond acceptors (Lipinski definition) is 5. The van der Waals surface area contributed by atoms with Gasteiger partial charge in [0.2, 0.25) is 5.91 Å². The summed E-state index contributed by atoms with van der Waals surface area (Å²) in [5, 5.41) is 13.3. The maximum Gasteiger partial charge on any atom is 0.315 e. The van der Waals surface area contributed by atoms with Crippen LogP contribution in [0.4, 0.5) is 5.82 Å². The predicted octanol–water partition coefficient (Wildman–Crippen LogP) is 0.979. The summed E-state index contributed by atoms with van der Waals surface area (Å²) in [4.78, 5) is 38.8. The van der Waals surface area contributed by atoms with Crippen molar-refractivity contribution in [2.24, 2.45) is 11.8 Å². The van der Waals surface area contributed by atoms with Crippen LogP contribution in [0.5, 0.6) is 0 Å². The minimum Gasteiger partial charge on any atom is -0.334 e. The number of hydrogen-bond donors (Lipinski definition) is 3. The zero-order chi connectivity index (χ0) is 20.4. The van der Waals surface area contributed by atoms with E-state index in [-0.39, 0.29) is 17.9 Å². The Labute approximate surface area is 165 Å². The van der Waals surface area contributed by atoms with E-state index < -0.39 is 18.1 Å². The third-order valence-electron chi connectivity index (χ3n) is 5.36. The zero-order valence-electron chi connectivity index (χ0n) is 17.0. The van der Waals surface area contributed by atoms with Crippen molar-refractivity contribution in [3.8, 4) is 0 Å². The van der Waals surface area contributed by atoms with Gasteiger partial charge >= 0.3 is 11.8 Å². The van der Waals surface area contributed by atoms with Crippen LogP contribution in [0.25, 0.3) is 0 Å². The molecule has 3 atom stereocenters. The van der Waals surface area contributed by atoms with E-state index >= 15 is 0 Å². The van der Waals surface area contributed by atoms with E-state index in [1.54, 1.807) is 17.9 Å². The highest BCUT2D eigenvalue weighted by atomic mass is 16.2. The van der Waals surface area contributed by atoms with Crippen molar-refractivity contribution in [3.05, 3.63) is 11.8 Å². The molecule has 28 heavy (non-hydrogen) atoms. The summed E-state index contributed by atoms with van der Waals surface area (Å²) in [6.07, 6.45) is 1.79. The Bertz CT molecular complexity index is 759. The first-order valence-corrected chi connectivity index (χ1v) is 9.96. The number of piperidine rings is 1. The van der Waals surface area contributed by atoms with Crippen molar-refractivity contribution in [1.29, 1.82) is 0 Å². The first-order chi connectivity index (χ1) is 13.2. The van der Waals surface area contributed by atoms with E-state index in [1.165, 1.54) is 4.68 Å². The standard InChI is InChI=1S/C19H30N6O3/c1-11(2)14-9-16(26)22-19(20-14)25-15(8-13(4)23-25)21-17(27)18(28)24-7-5-6-12(3)10-24/h8,11-12,14,19-20H,5-7,9-10H2,1-4H3,(H,21,27)(H,22,26). The van der Waals surface area contributed by atoms with Gasteiger partial charge in [-0.05, 0) is 31.6 Å². The first-order valence-electron chi connectivity index (χ1n) is 9.96. The minimum absolute atomic E-state index is 0.00303. The number of aryl methyl sites for hydroxylation is 1. The van der Waals surface area contributed by atoms with Gasteiger partial charge in [0.15, 0.2) is 6.29 Å². The topological polar surface area (TPSA) is 108 Å². The molecule has 0 aromatic carbocycles. The normalized spacial score (nSPS) is 25.5. The van der Waals surface area contributed by atoms with Crippen molar-refractivity contribution < 1.29 is 14.4 Å². The van der Waals surface area contributed by atoms with Gasteiger partial charge in [-0.2, -0.15) is 5.10 Å². The van der Waals surface area contributed by atoms with E-state index in [1.807, 2.05) is 13.8 Å². The molecule has 1 aromatic heterocycles. The molecule has 2 aliphatic rings. The highest BCUT2D eigenvalue weighted by molar-refractivity contribution is 6.39. The number of nitrogens with one attached hydrogen (secondary N) is 3. The molecule has 3 N–H and O–H groups in total. The maximum absolute atomic E-state index is 12.5. The van der Waals surface area contributed by atoms with Crippen LogP contribution >= 0.6 is 0 Å². The second-order valence-electron chi connectivity index (χ2n) is 8.26. The molecule has 0 spiro atoms. The van der Waals surface area contributed by atoms with Gasteiger partial charge in [-0.1, -0.05) is 20.8 Å². The lowest BCUT2D eigenvalue weighted by Gasteiger charge is -2.34. The quantitative estimate of drug-likeness (QED) is 0.667. The van der Waals surface area contributed by atoms with Crippen LogP contribution in [0.15, 0.2) is 6.07 Å². The Morgan fingerprint density at radius 3 is 2.79 bits per heavy atom. The third kappa shape index (κ3) is 4.52. The second kappa shape index (κ2) is 8.30. The molecule has 3 unspecified atom stereocenters. The average molecular weight is 390 g/mol. The lowest BCUT2D eigenvalue weighted by atomic mass is 9.99. The molecular weight excluding hydrogens is 360 g/mol. The third-order valence-corrected chi connectivity index (χ3v) is 5.36. The van der Waals surface area contributed by atoms with E-state index in [0.29, 0.717) is 36.9 Å². The first kappa shape index (κ1) is 20.3. The van der Waals surface area contributed by atoms with Gasteiger partial charge in [0.05, 0.1) is 5.69 Å². The maximum atomic E-state index is 12.5. The van der Waals surface area contributed by atoms with Crippen molar-refractivity contribution in [3.63, 3.8) is 0 Å². The van der Waals surface area contributed by atoms with Crippen LogP contribution < -0.4 is 16.0 Å². The number of nitrogens with zero attached hydrogens (tertiary/aromatic N) is 3. The Morgan fingerprint density at radius 2 is 2.11 bits per heavy atom. The molecule has 0 saturated carbocycles. The zero-order valence-corrected chi connectivity index (χ0v) is 17.0. The van der Waals surface area contributed by atoms with E-state index in [2.05, 4.69) is 28.0 Å². The summed E-state index contributed by atoms with van der Waals surface area (Å²) in [5.41, 5.74) is 0.678. The lowest BCUT2D eigenvalue weighted by molar-refractivity contribution is -0.144.